The molecule has 4 rings (SSSR count). The molecule has 0 aliphatic carbocycles. The first-order chi connectivity index (χ1) is 12.8. The molecule has 0 bridgehead atoms. The summed E-state index contributed by atoms with van der Waals surface area (Å²) in [5.41, 5.74) is 3.34. The fraction of sp³-hybridized carbons (Fsp3) is 0.200. The van der Waals surface area contributed by atoms with Gasteiger partial charge in [0.25, 0.3) is 0 Å². The summed E-state index contributed by atoms with van der Waals surface area (Å²) in [7, 11) is 3.28. The van der Waals surface area contributed by atoms with E-state index in [1.165, 1.54) is 11.3 Å². The number of nitrogens with one attached hydrogen (secondary N) is 1. The van der Waals surface area contributed by atoms with Crippen LogP contribution in [0.3, 0.4) is 0 Å². The van der Waals surface area contributed by atoms with Crippen LogP contribution in [0, 0.1) is 0 Å². The molecule has 0 radical (unpaired) electrons. The summed E-state index contributed by atoms with van der Waals surface area (Å²) in [6.07, 6.45) is 2.60. The van der Waals surface area contributed by atoms with Gasteiger partial charge in [0.15, 0.2) is 0 Å². The Morgan fingerprint density at radius 2 is 1.88 bits per heavy atom. The number of aromatic nitrogens is 2. The lowest BCUT2D eigenvalue weighted by Gasteiger charge is -2.19. The maximum Gasteiger partial charge on any atom is 0.142 e. The summed E-state index contributed by atoms with van der Waals surface area (Å²) in [5, 5.41) is 3.30. The highest BCUT2D eigenvalue weighted by Crippen LogP contribution is 2.35. The topological polar surface area (TPSA) is 59.5 Å². The van der Waals surface area contributed by atoms with Crippen molar-refractivity contribution in [2.24, 2.45) is 0 Å². The van der Waals surface area contributed by atoms with Gasteiger partial charge in [0.2, 0.25) is 0 Å². The van der Waals surface area contributed by atoms with Gasteiger partial charge >= 0.3 is 0 Å². The standard InChI is InChI=1S/C20H20N4O2/c1-25-15-7-8-18(26-2)16(11-15)23-19-12-20(22-13-21-19)24-10-9-14-5-3-4-6-17(14)24/h3-8,11-13H,9-10H2,1-2H3,(H,21,22,23). The van der Waals surface area contributed by atoms with Crippen LogP contribution < -0.4 is 19.7 Å². The van der Waals surface area contributed by atoms with E-state index in [1.54, 1.807) is 20.5 Å². The van der Waals surface area contributed by atoms with Crippen molar-refractivity contribution in [3.63, 3.8) is 0 Å². The first-order valence-corrected chi connectivity index (χ1v) is 8.45. The van der Waals surface area contributed by atoms with Crippen molar-refractivity contribution in [2.75, 3.05) is 31.0 Å². The number of rotatable bonds is 5. The summed E-state index contributed by atoms with van der Waals surface area (Å²) in [4.78, 5) is 11.0. The van der Waals surface area contributed by atoms with Crippen molar-refractivity contribution >= 4 is 23.0 Å². The van der Waals surface area contributed by atoms with Crippen LogP contribution in [0.4, 0.5) is 23.0 Å². The van der Waals surface area contributed by atoms with Crippen LogP contribution in [0.1, 0.15) is 5.56 Å². The van der Waals surface area contributed by atoms with Gasteiger partial charge in [0.1, 0.15) is 29.5 Å². The van der Waals surface area contributed by atoms with E-state index in [-0.39, 0.29) is 0 Å². The van der Waals surface area contributed by atoms with Gasteiger partial charge in [-0.15, -0.1) is 0 Å². The molecule has 1 aromatic heterocycles. The number of hydrogen-bond acceptors (Lipinski definition) is 6. The van der Waals surface area contributed by atoms with Crippen LogP contribution in [-0.4, -0.2) is 30.7 Å². The molecule has 26 heavy (non-hydrogen) atoms. The average molecular weight is 348 g/mol. The first-order valence-electron chi connectivity index (χ1n) is 8.45. The Bertz CT molecular complexity index is 929. The molecule has 6 nitrogen and oxygen atoms in total. The molecule has 6 heteroatoms. The third kappa shape index (κ3) is 3.01. The van der Waals surface area contributed by atoms with E-state index < -0.39 is 0 Å². The summed E-state index contributed by atoms with van der Waals surface area (Å²) >= 11 is 0. The van der Waals surface area contributed by atoms with E-state index in [0.29, 0.717) is 5.82 Å². The fourth-order valence-corrected chi connectivity index (χ4v) is 3.19. The van der Waals surface area contributed by atoms with Gasteiger partial charge in [0.05, 0.1) is 19.9 Å². The van der Waals surface area contributed by atoms with E-state index in [1.807, 2.05) is 24.3 Å². The van der Waals surface area contributed by atoms with Crippen molar-refractivity contribution < 1.29 is 9.47 Å². The summed E-state index contributed by atoms with van der Waals surface area (Å²) in [5.74, 6) is 3.04. The number of ether oxygens (including phenoxy) is 2. The SMILES string of the molecule is COc1ccc(OC)c(Nc2cc(N3CCc4ccccc43)ncn2)c1. The third-order valence-electron chi connectivity index (χ3n) is 4.49. The molecule has 1 aliphatic heterocycles. The molecule has 0 unspecified atom stereocenters. The number of nitrogens with zero attached hydrogens (tertiary/aromatic N) is 3. The Morgan fingerprint density at radius 3 is 2.73 bits per heavy atom. The Balaban J connectivity index is 1.63. The molecule has 132 valence electrons. The lowest BCUT2D eigenvalue weighted by molar-refractivity contribution is 0.405. The zero-order valence-corrected chi connectivity index (χ0v) is 14.8. The van der Waals surface area contributed by atoms with Gasteiger partial charge in [-0.3, -0.25) is 0 Å². The van der Waals surface area contributed by atoms with E-state index in [2.05, 4.69) is 44.5 Å². The quantitative estimate of drug-likeness (QED) is 0.754. The second-order valence-corrected chi connectivity index (χ2v) is 5.98. The Hall–Kier alpha value is -3.28. The summed E-state index contributed by atoms with van der Waals surface area (Å²) in [6, 6.07) is 16.0. The maximum atomic E-state index is 5.42. The summed E-state index contributed by atoms with van der Waals surface area (Å²) < 4.78 is 10.7. The molecule has 0 fully saturated rings. The Kier molecular flexibility index (Phi) is 4.31. The van der Waals surface area contributed by atoms with E-state index in [9.17, 15) is 0 Å². The van der Waals surface area contributed by atoms with E-state index in [4.69, 9.17) is 9.47 Å². The largest absolute Gasteiger partial charge is 0.497 e. The molecule has 1 aliphatic rings. The molecule has 0 atom stereocenters. The van der Waals surface area contributed by atoms with Gasteiger partial charge in [-0.05, 0) is 30.2 Å². The van der Waals surface area contributed by atoms with Crippen molar-refractivity contribution in [3.05, 3.63) is 60.4 Å². The third-order valence-corrected chi connectivity index (χ3v) is 4.49. The van der Waals surface area contributed by atoms with Crippen molar-refractivity contribution in [3.8, 4) is 11.5 Å². The van der Waals surface area contributed by atoms with Gasteiger partial charge < -0.3 is 19.7 Å². The molecule has 0 amide bonds. The maximum absolute atomic E-state index is 5.42. The minimum atomic E-state index is 0.700. The monoisotopic (exact) mass is 348 g/mol. The van der Waals surface area contributed by atoms with Crippen molar-refractivity contribution in [2.45, 2.75) is 6.42 Å². The molecule has 0 saturated heterocycles. The van der Waals surface area contributed by atoms with Crippen LogP contribution in [0.15, 0.2) is 54.9 Å². The average Bonchev–Trinajstić information content (AvgIpc) is 3.12. The predicted molar refractivity (Wildman–Crippen MR) is 102 cm³/mol. The molecule has 0 saturated carbocycles. The molecule has 3 aromatic rings. The van der Waals surface area contributed by atoms with Gasteiger partial charge in [-0.25, -0.2) is 9.97 Å². The van der Waals surface area contributed by atoms with Crippen LogP contribution >= 0.6 is 0 Å². The molecular weight excluding hydrogens is 328 g/mol. The molecule has 1 N–H and O–H groups in total. The zero-order valence-electron chi connectivity index (χ0n) is 14.8. The van der Waals surface area contributed by atoms with Crippen LogP contribution in [0.25, 0.3) is 0 Å². The van der Waals surface area contributed by atoms with Crippen LogP contribution in [0.5, 0.6) is 11.5 Å². The van der Waals surface area contributed by atoms with Gasteiger partial charge in [-0.2, -0.15) is 0 Å². The Labute approximate surface area is 152 Å². The van der Waals surface area contributed by atoms with E-state index >= 15 is 0 Å². The van der Waals surface area contributed by atoms with Crippen molar-refractivity contribution in [1.29, 1.82) is 0 Å². The number of hydrogen-bond donors (Lipinski definition) is 1. The fourth-order valence-electron chi connectivity index (χ4n) is 3.19. The zero-order chi connectivity index (χ0) is 17.9. The molecular formula is C20H20N4O2. The molecule has 2 aromatic carbocycles. The number of fused-ring (bicyclic) bond motifs is 1. The first kappa shape index (κ1) is 16.2. The number of benzene rings is 2. The van der Waals surface area contributed by atoms with Gasteiger partial charge in [0, 0.05) is 24.4 Å². The number of methoxy groups -OCH3 is 2. The predicted octanol–water partition coefficient (Wildman–Crippen LogP) is 3.93. The lowest BCUT2D eigenvalue weighted by atomic mass is 10.2. The minimum absolute atomic E-state index is 0.700. The number of para-hydroxylation sites is 1. The second kappa shape index (κ2) is 6.92. The Morgan fingerprint density at radius 1 is 1.00 bits per heavy atom. The molecule has 0 spiro atoms. The highest BCUT2D eigenvalue weighted by atomic mass is 16.5. The normalized spacial score (nSPS) is 12.6. The van der Waals surface area contributed by atoms with Crippen LogP contribution in [-0.2, 0) is 6.42 Å². The lowest BCUT2D eigenvalue weighted by Crippen LogP contribution is -2.15. The van der Waals surface area contributed by atoms with Crippen molar-refractivity contribution in [1.82, 2.24) is 9.97 Å². The second-order valence-electron chi connectivity index (χ2n) is 5.98. The number of anilines is 4. The smallest absolute Gasteiger partial charge is 0.142 e. The highest BCUT2D eigenvalue weighted by molar-refractivity contribution is 5.71. The van der Waals surface area contributed by atoms with E-state index in [0.717, 1.165) is 36.0 Å². The van der Waals surface area contributed by atoms with Gasteiger partial charge in [-0.1, -0.05) is 18.2 Å². The highest BCUT2D eigenvalue weighted by Gasteiger charge is 2.21. The molecule has 2 heterocycles. The minimum Gasteiger partial charge on any atom is -0.497 e. The summed E-state index contributed by atoms with van der Waals surface area (Å²) in [6.45, 7) is 0.915. The van der Waals surface area contributed by atoms with Crippen LogP contribution in [0.2, 0.25) is 0 Å².